The van der Waals surface area contributed by atoms with E-state index in [1.54, 1.807) is 12.1 Å². The predicted molar refractivity (Wildman–Crippen MR) is 90.4 cm³/mol. The first-order valence-electron chi connectivity index (χ1n) is 8.04. The highest BCUT2D eigenvalue weighted by atomic mass is 35.5. The van der Waals surface area contributed by atoms with Gasteiger partial charge < -0.3 is 15.2 Å². The number of ether oxygens (including phenoxy) is 1. The summed E-state index contributed by atoms with van der Waals surface area (Å²) < 4.78 is 5.34. The summed E-state index contributed by atoms with van der Waals surface area (Å²) >= 11 is 12.2. The van der Waals surface area contributed by atoms with E-state index in [1.165, 1.54) is 0 Å². The lowest BCUT2D eigenvalue weighted by Crippen LogP contribution is -2.49. The molecule has 1 aromatic carbocycles. The Bertz CT molecular complexity index is 645. The van der Waals surface area contributed by atoms with Gasteiger partial charge in [-0.3, -0.25) is 4.79 Å². The molecule has 7 heteroatoms. The molecular formula is C17H19Cl2NO4. The van der Waals surface area contributed by atoms with Gasteiger partial charge >= 0.3 is 5.97 Å². The van der Waals surface area contributed by atoms with E-state index in [2.05, 4.69) is 5.32 Å². The fourth-order valence-corrected chi connectivity index (χ4v) is 3.75. The van der Waals surface area contributed by atoms with E-state index in [4.69, 9.17) is 27.9 Å². The average molecular weight is 372 g/mol. The van der Waals surface area contributed by atoms with Gasteiger partial charge in [0.2, 0.25) is 5.91 Å². The number of amides is 1. The summed E-state index contributed by atoms with van der Waals surface area (Å²) in [5.41, 5.74) is 0.845. The highest BCUT2D eigenvalue weighted by Crippen LogP contribution is 2.50. The molecule has 0 bridgehead atoms. The minimum Gasteiger partial charge on any atom is -0.480 e. The van der Waals surface area contributed by atoms with Gasteiger partial charge in [-0.1, -0.05) is 35.3 Å². The highest BCUT2D eigenvalue weighted by molar-refractivity contribution is 6.42. The molecule has 1 aliphatic heterocycles. The van der Waals surface area contributed by atoms with Crippen LogP contribution < -0.4 is 5.32 Å². The molecule has 1 saturated carbocycles. The van der Waals surface area contributed by atoms with E-state index in [9.17, 15) is 14.7 Å². The average Bonchev–Trinajstić information content (AvgIpc) is 3.36. The van der Waals surface area contributed by atoms with Crippen molar-refractivity contribution in [1.82, 2.24) is 5.32 Å². The Morgan fingerprint density at radius 2 is 2.12 bits per heavy atom. The first-order valence-corrected chi connectivity index (χ1v) is 8.79. The number of nitrogens with one attached hydrogen (secondary N) is 1. The van der Waals surface area contributed by atoms with Crippen molar-refractivity contribution in [1.29, 1.82) is 0 Å². The number of carboxylic acids is 1. The summed E-state index contributed by atoms with van der Waals surface area (Å²) in [7, 11) is 0. The topological polar surface area (TPSA) is 75.6 Å². The van der Waals surface area contributed by atoms with Gasteiger partial charge in [0, 0.05) is 18.4 Å². The van der Waals surface area contributed by atoms with Crippen molar-refractivity contribution in [2.24, 2.45) is 11.8 Å². The van der Waals surface area contributed by atoms with Crippen LogP contribution in [0, 0.1) is 11.8 Å². The molecule has 0 spiro atoms. The van der Waals surface area contributed by atoms with E-state index in [-0.39, 0.29) is 23.7 Å². The van der Waals surface area contributed by atoms with Gasteiger partial charge in [-0.15, -0.1) is 0 Å². The van der Waals surface area contributed by atoms with Crippen molar-refractivity contribution in [3.8, 4) is 0 Å². The van der Waals surface area contributed by atoms with Crippen LogP contribution in [0.15, 0.2) is 18.2 Å². The Morgan fingerprint density at radius 1 is 1.33 bits per heavy atom. The minimum atomic E-state index is -1.02. The minimum absolute atomic E-state index is 0.00625. The lowest BCUT2D eigenvalue weighted by molar-refractivity contribution is -0.145. The van der Waals surface area contributed by atoms with Crippen molar-refractivity contribution in [2.45, 2.75) is 31.2 Å². The van der Waals surface area contributed by atoms with Crippen molar-refractivity contribution in [2.75, 3.05) is 13.2 Å². The lowest BCUT2D eigenvalue weighted by Gasteiger charge is -2.28. The standard InChI is InChI=1S/C17H19Cl2NO4/c18-13-5-1-4-10(14(13)19)11-7-12(11)16(21)20-15(17(22)23)9-3-2-6-24-8-9/h1,4-5,9,11-12,15H,2-3,6-8H2,(H,20,21)(H,22,23). The number of halogens is 2. The zero-order valence-corrected chi connectivity index (χ0v) is 14.5. The number of hydrogen-bond acceptors (Lipinski definition) is 3. The molecule has 1 amide bonds. The van der Waals surface area contributed by atoms with Crippen molar-refractivity contribution < 1.29 is 19.4 Å². The first-order chi connectivity index (χ1) is 11.5. The summed E-state index contributed by atoms with van der Waals surface area (Å²) in [6.07, 6.45) is 2.21. The summed E-state index contributed by atoms with van der Waals surface area (Å²) in [5.74, 6) is -1.71. The molecule has 2 fully saturated rings. The smallest absolute Gasteiger partial charge is 0.326 e. The summed E-state index contributed by atoms with van der Waals surface area (Å²) in [6.45, 7) is 1.01. The van der Waals surface area contributed by atoms with Crippen LogP contribution >= 0.6 is 23.2 Å². The number of aliphatic carboxylic acids is 1. The van der Waals surface area contributed by atoms with Crippen LogP contribution in [0.2, 0.25) is 10.0 Å². The van der Waals surface area contributed by atoms with Gasteiger partial charge in [0.25, 0.3) is 0 Å². The van der Waals surface area contributed by atoms with Crippen LogP contribution in [0.3, 0.4) is 0 Å². The molecule has 0 radical (unpaired) electrons. The van der Waals surface area contributed by atoms with Crippen LogP contribution in [0.25, 0.3) is 0 Å². The normalized spacial score (nSPS) is 27.3. The zero-order chi connectivity index (χ0) is 17.3. The lowest BCUT2D eigenvalue weighted by atomic mass is 9.93. The van der Waals surface area contributed by atoms with Gasteiger partial charge in [0.15, 0.2) is 0 Å². The molecule has 130 valence electrons. The molecule has 4 atom stereocenters. The van der Waals surface area contributed by atoms with Gasteiger partial charge in [-0.25, -0.2) is 4.79 Å². The van der Waals surface area contributed by atoms with E-state index >= 15 is 0 Å². The molecule has 24 heavy (non-hydrogen) atoms. The molecule has 3 rings (SSSR count). The fraction of sp³-hybridized carbons (Fsp3) is 0.529. The second-order valence-electron chi connectivity index (χ2n) is 6.39. The summed E-state index contributed by atoms with van der Waals surface area (Å²) in [5, 5.41) is 13.0. The number of rotatable bonds is 5. The first kappa shape index (κ1) is 17.5. The third-order valence-electron chi connectivity index (χ3n) is 4.74. The Labute approximate surface area is 150 Å². The fourth-order valence-electron chi connectivity index (χ4n) is 3.31. The Morgan fingerprint density at radius 3 is 2.79 bits per heavy atom. The summed E-state index contributed by atoms with van der Waals surface area (Å²) in [4.78, 5) is 24.0. The van der Waals surface area contributed by atoms with Gasteiger partial charge in [0.05, 0.1) is 16.7 Å². The monoisotopic (exact) mass is 371 g/mol. The van der Waals surface area contributed by atoms with Gasteiger partial charge in [-0.2, -0.15) is 0 Å². The van der Waals surface area contributed by atoms with Crippen molar-refractivity contribution in [3.63, 3.8) is 0 Å². The van der Waals surface area contributed by atoms with E-state index in [1.807, 2.05) is 6.07 Å². The second-order valence-corrected chi connectivity index (χ2v) is 7.18. The van der Waals surface area contributed by atoms with Crippen LogP contribution in [0.4, 0.5) is 0 Å². The SMILES string of the molecule is O=C(NC(C(=O)O)C1CCCOC1)C1CC1c1cccc(Cl)c1Cl. The van der Waals surface area contributed by atoms with Crippen molar-refractivity contribution in [3.05, 3.63) is 33.8 Å². The Kier molecular flexibility index (Phi) is 5.33. The number of benzene rings is 1. The predicted octanol–water partition coefficient (Wildman–Crippen LogP) is 3.09. The molecule has 0 aromatic heterocycles. The molecule has 1 aromatic rings. The van der Waals surface area contributed by atoms with E-state index in [0.717, 1.165) is 18.4 Å². The van der Waals surface area contributed by atoms with E-state index < -0.39 is 12.0 Å². The number of carbonyl (C=O) groups excluding carboxylic acids is 1. The van der Waals surface area contributed by atoms with Crippen LogP contribution in [-0.4, -0.2) is 36.2 Å². The maximum absolute atomic E-state index is 12.5. The number of carbonyl (C=O) groups is 2. The Hall–Kier alpha value is -1.30. The summed E-state index contributed by atoms with van der Waals surface area (Å²) in [6, 6.07) is 4.45. The molecule has 5 nitrogen and oxygen atoms in total. The number of hydrogen-bond donors (Lipinski definition) is 2. The molecule has 1 heterocycles. The largest absolute Gasteiger partial charge is 0.480 e. The van der Waals surface area contributed by atoms with Crippen LogP contribution in [-0.2, 0) is 14.3 Å². The van der Waals surface area contributed by atoms with E-state index in [0.29, 0.717) is 29.7 Å². The third-order valence-corrected chi connectivity index (χ3v) is 5.57. The second kappa shape index (κ2) is 7.30. The maximum Gasteiger partial charge on any atom is 0.326 e. The maximum atomic E-state index is 12.5. The van der Waals surface area contributed by atoms with Crippen LogP contribution in [0.1, 0.15) is 30.7 Å². The molecule has 1 aliphatic carbocycles. The third kappa shape index (κ3) is 3.68. The highest BCUT2D eigenvalue weighted by Gasteiger charge is 2.46. The molecule has 4 unspecified atom stereocenters. The number of carboxylic acid groups (broad SMARTS) is 1. The van der Waals surface area contributed by atoms with Crippen LogP contribution in [0.5, 0.6) is 0 Å². The van der Waals surface area contributed by atoms with Gasteiger partial charge in [0.1, 0.15) is 6.04 Å². The van der Waals surface area contributed by atoms with Gasteiger partial charge in [-0.05, 0) is 36.8 Å². The van der Waals surface area contributed by atoms with Crippen molar-refractivity contribution >= 4 is 35.1 Å². The zero-order valence-electron chi connectivity index (χ0n) is 13.0. The molecular weight excluding hydrogens is 353 g/mol. The molecule has 1 saturated heterocycles. The molecule has 2 N–H and O–H groups in total. The quantitative estimate of drug-likeness (QED) is 0.833. The molecule has 2 aliphatic rings. The Balaban J connectivity index is 1.64.